The summed E-state index contributed by atoms with van der Waals surface area (Å²) in [7, 11) is 0. The quantitative estimate of drug-likeness (QED) is 0.840. The Morgan fingerprint density at radius 3 is 2.36 bits per heavy atom. The summed E-state index contributed by atoms with van der Waals surface area (Å²) in [4.78, 5) is 11.7. The van der Waals surface area contributed by atoms with Gasteiger partial charge >= 0.3 is 0 Å². The summed E-state index contributed by atoms with van der Waals surface area (Å²) >= 11 is 0. The lowest BCUT2D eigenvalue weighted by atomic mass is 9.84. The number of hydrogen-bond donors (Lipinski definition) is 0. The number of alkyl halides is 1. The van der Waals surface area contributed by atoms with Gasteiger partial charge in [-0.1, -0.05) is 34.6 Å². The van der Waals surface area contributed by atoms with Crippen LogP contribution in [0.15, 0.2) is 0 Å². The molecule has 1 aromatic rings. The number of halogens is 1. The Morgan fingerprint density at radius 1 is 1.27 bits per heavy atom. The first-order valence-electron chi connectivity index (χ1n) is 8.29. The van der Waals surface area contributed by atoms with E-state index in [2.05, 4.69) is 46.4 Å². The Balaban J connectivity index is 2.33. The minimum Gasteiger partial charge on any atom is -0.293 e. The number of hydrogen-bond acceptors (Lipinski definition) is 3. The fourth-order valence-corrected chi connectivity index (χ4v) is 3.32. The summed E-state index contributed by atoms with van der Waals surface area (Å²) in [5.74, 6) is 1.23. The molecule has 0 aliphatic carbocycles. The van der Waals surface area contributed by atoms with E-state index in [0.717, 1.165) is 23.8 Å². The van der Waals surface area contributed by atoms with E-state index in [4.69, 9.17) is 9.97 Å². The molecule has 4 heteroatoms. The molecule has 1 aliphatic heterocycles. The van der Waals surface area contributed by atoms with E-state index >= 15 is 0 Å². The van der Waals surface area contributed by atoms with Crippen LogP contribution in [0.1, 0.15) is 76.7 Å². The molecule has 22 heavy (non-hydrogen) atoms. The summed E-state index contributed by atoms with van der Waals surface area (Å²) in [6.45, 7) is 16.6. The molecule has 3 nitrogen and oxygen atoms in total. The molecule has 0 aromatic carbocycles. The Hall–Kier alpha value is -1.03. The lowest BCUT2D eigenvalue weighted by Gasteiger charge is -2.26. The van der Waals surface area contributed by atoms with Crippen LogP contribution in [0, 0.1) is 6.92 Å². The fraction of sp³-hybridized carbons (Fsp3) is 0.778. The largest absolute Gasteiger partial charge is 0.293 e. The highest BCUT2D eigenvalue weighted by molar-refractivity contribution is 5.33. The first-order chi connectivity index (χ1) is 9.99. The molecule has 124 valence electrons. The molecule has 0 radical (unpaired) electrons. The van der Waals surface area contributed by atoms with Crippen LogP contribution in [0.3, 0.4) is 0 Å². The highest BCUT2D eigenvalue weighted by Crippen LogP contribution is 2.31. The van der Waals surface area contributed by atoms with Gasteiger partial charge in [0.25, 0.3) is 0 Å². The van der Waals surface area contributed by atoms with Crippen LogP contribution in [0.2, 0.25) is 0 Å². The molecular weight excluding hydrogens is 277 g/mol. The normalized spacial score (nSPS) is 23.5. The number of rotatable bonds is 3. The van der Waals surface area contributed by atoms with Crippen LogP contribution in [0.4, 0.5) is 4.39 Å². The van der Waals surface area contributed by atoms with Crippen molar-refractivity contribution in [2.24, 2.45) is 0 Å². The van der Waals surface area contributed by atoms with Crippen molar-refractivity contribution in [3.05, 3.63) is 22.8 Å². The fourth-order valence-electron chi connectivity index (χ4n) is 3.32. The van der Waals surface area contributed by atoms with Gasteiger partial charge in [-0.2, -0.15) is 0 Å². The van der Waals surface area contributed by atoms with Crippen molar-refractivity contribution >= 4 is 0 Å². The number of likely N-dealkylation sites (tertiary alicyclic amines) is 1. The first-order valence-corrected chi connectivity index (χ1v) is 8.29. The Labute approximate surface area is 134 Å². The van der Waals surface area contributed by atoms with Crippen LogP contribution in [-0.2, 0) is 12.0 Å². The van der Waals surface area contributed by atoms with Crippen LogP contribution in [0.25, 0.3) is 0 Å². The molecule has 0 saturated carbocycles. The van der Waals surface area contributed by atoms with E-state index in [0.29, 0.717) is 25.4 Å². The van der Waals surface area contributed by atoms with Crippen LogP contribution in [-0.4, -0.2) is 33.6 Å². The molecule has 1 aliphatic rings. The SMILES string of the molecule is Cc1nc(CN2CCC(C)(F)C2)nc(C(C)(C)C)c1C(C)C. The second kappa shape index (κ2) is 5.88. The van der Waals surface area contributed by atoms with Gasteiger partial charge in [0.2, 0.25) is 0 Å². The second-order valence-electron chi connectivity index (χ2n) is 8.27. The van der Waals surface area contributed by atoms with Crippen molar-refractivity contribution < 1.29 is 4.39 Å². The molecule has 0 spiro atoms. The highest BCUT2D eigenvalue weighted by atomic mass is 19.1. The van der Waals surface area contributed by atoms with E-state index in [1.165, 1.54) is 5.56 Å². The summed E-state index contributed by atoms with van der Waals surface area (Å²) in [6, 6.07) is 0. The van der Waals surface area contributed by atoms with Crippen molar-refractivity contribution in [3.8, 4) is 0 Å². The summed E-state index contributed by atoms with van der Waals surface area (Å²) in [6.07, 6.45) is 0.599. The van der Waals surface area contributed by atoms with Gasteiger partial charge in [-0.3, -0.25) is 4.90 Å². The zero-order valence-electron chi connectivity index (χ0n) is 15.1. The molecule has 0 N–H and O–H groups in total. The predicted octanol–water partition coefficient (Wildman–Crippen LogP) is 4.14. The summed E-state index contributed by atoms with van der Waals surface area (Å²) < 4.78 is 14.0. The lowest BCUT2D eigenvalue weighted by Crippen LogP contribution is -2.28. The van der Waals surface area contributed by atoms with Gasteiger partial charge in [-0.05, 0) is 31.7 Å². The third-order valence-electron chi connectivity index (χ3n) is 4.34. The van der Waals surface area contributed by atoms with Gasteiger partial charge in [0.15, 0.2) is 0 Å². The monoisotopic (exact) mass is 307 g/mol. The number of aryl methyl sites for hydroxylation is 1. The maximum atomic E-state index is 14.0. The maximum absolute atomic E-state index is 14.0. The molecular formula is C18H30FN3. The summed E-state index contributed by atoms with van der Waals surface area (Å²) in [5, 5.41) is 0. The molecule has 0 amide bonds. The van der Waals surface area contributed by atoms with E-state index in [9.17, 15) is 4.39 Å². The summed E-state index contributed by atoms with van der Waals surface area (Å²) in [5.41, 5.74) is 2.37. The third kappa shape index (κ3) is 3.83. The first kappa shape index (κ1) is 17.3. The molecule has 2 rings (SSSR count). The number of aromatic nitrogens is 2. The third-order valence-corrected chi connectivity index (χ3v) is 4.34. The molecule has 1 fully saturated rings. The maximum Gasteiger partial charge on any atom is 0.142 e. The Bertz CT molecular complexity index is 544. The Kier molecular flexibility index (Phi) is 4.63. The minimum atomic E-state index is -1.07. The van der Waals surface area contributed by atoms with Gasteiger partial charge in [-0.25, -0.2) is 14.4 Å². The van der Waals surface area contributed by atoms with E-state index in [-0.39, 0.29) is 5.41 Å². The van der Waals surface area contributed by atoms with Crippen LogP contribution < -0.4 is 0 Å². The van der Waals surface area contributed by atoms with Gasteiger partial charge in [0.05, 0.1) is 12.2 Å². The average Bonchev–Trinajstić information content (AvgIpc) is 2.66. The average molecular weight is 307 g/mol. The van der Waals surface area contributed by atoms with Crippen molar-refractivity contribution in [3.63, 3.8) is 0 Å². The molecule has 2 heterocycles. The second-order valence-corrected chi connectivity index (χ2v) is 8.27. The van der Waals surface area contributed by atoms with Gasteiger partial charge in [0.1, 0.15) is 11.5 Å². The van der Waals surface area contributed by atoms with Crippen molar-refractivity contribution in [2.45, 2.75) is 78.4 Å². The lowest BCUT2D eigenvalue weighted by molar-refractivity contribution is 0.185. The zero-order chi connectivity index (χ0) is 16.7. The van der Waals surface area contributed by atoms with Crippen molar-refractivity contribution in [2.75, 3.05) is 13.1 Å². The van der Waals surface area contributed by atoms with Gasteiger partial charge < -0.3 is 0 Å². The molecule has 0 bridgehead atoms. The van der Waals surface area contributed by atoms with Crippen molar-refractivity contribution in [1.82, 2.24) is 14.9 Å². The highest BCUT2D eigenvalue weighted by Gasteiger charge is 2.34. The van der Waals surface area contributed by atoms with Crippen LogP contribution >= 0.6 is 0 Å². The topological polar surface area (TPSA) is 29.0 Å². The van der Waals surface area contributed by atoms with Gasteiger partial charge in [-0.15, -0.1) is 0 Å². The van der Waals surface area contributed by atoms with Crippen molar-refractivity contribution in [1.29, 1.82) is 0 Å². The van der Waals surface area contributed by atoms with Crippen LogP contribution in [0.5, 0.6) is 0 Å². The zero-order valence-corrected chi connectivity index (χ0v) is 15.1. The minimum absolute atomic E-state index is 0.0122. The molecule has 1 saturated heterocycles. The Morgan fingerprint density at radius 2 is 1.91 bits per heavy atom. The van der Waals surface area contributed by atoms with E-state index in [1.54, 1.807) is 6.92 Å². The molecule has 1 aromatic heterocycles. The smallest absolute Gasteiger partial charge is 0.142 e. The van der Waals surface area contributed by atoms with E-state index in [1.807, 2.05) is 0 Å². The standard InChI is InChI=1S/C18H30FN3/c1-12(2)15-13(3)20-14(21-16(15)17(4,5)6)10-22-9-8-18(7,19)11-22/h12H,8-11H2,1-7H3. The predicted molar refractivity (Wildman–Crippen MR) is 89.0 cm³/mol. The molecule has 1 unspecified atom stereocenters. The number of nitrogens with zero attached hydrogens (tertiary/aromatic N) is 3. The van der Waals surface area contributed by atoms with E-state index < -0.39 is 5.67 Å². The van der Waals surface area contributed by atoms with Gasteiger partial charge in [0, 0.05) is 24.2 Å². The molecule has 1 atom stereocenters.